The number of Topliss-reactive ketones (excluding diaryl/α,β-unsaturated/α-hetero) is 1. The van der Waals surface area contributed by atoms with Crippen LogP contribution in [-0.2, 0) is 24.0 Å². The van der Waals surface area contributed by atoms with Crippen molar-refractivity contribution >= 4 is 41.2 Å². The van der Waals surface area contributed by atoms with Gasteiger partial charge in [-0.3, -0.25) is 29.3 Å². The van der Waals surface area contributed by atoms with Crippen LogP contribution in [-0.4, -0.2) is 78.5 Å². The Morgan fingerprint density at radius 1 is 1.21 bits per heavy atom. The Morgan fingerprint density at radius 3 is 2.52 bits per heavy atom. The second-order valence-electron chi connectivity index (χ2n) is 7.11. The predicted octanol–water partition coefficient (Wildman–Crippen LogP) is -0.163. The van der Waals surface area contributed by atoms with Gasteiger partial charge in [0.25, 0.3) is 0 Å². The SMILES string of the molecule is CNCCNC(=O)[C@H](CC(C)=O)N(C)C(=O)CCCCCSC1CC(=O)NC1=O. The van der Waals surface area contributed by atoms with Crippen LogP contribution in [0.2, 0.25) is 0 Å². The zero-order chi connectivity index (χ0) is 21.8. The Bertz CT molecular complexity index is 613. The number of ketones is 1. The Kier molecular flexibility index (Phi) is 11.5. The first-order chi connectivity index (χ1) is 13.8. The van der Waals surface area contributed by atoms with E-state index in [1.165, 1.54) is 23.6 Å². The van der Waals surface area contributed by atoms with Crippen molar-refractivity contribution in [1.29, 1.82) is 0 Å². The maximum absolute atomic E-state index is 12.4. The summed E-state index contributed by atoms with van der Waals surface area (Å²) in [6.45, 7) is 2.43. The lowest BCUT2D eigenvalue weighted by atomic mass is 10.1. The second kappa shape index (κ2) is 13.3. The van der Waals surface area contributed by atoms with Gasteiger partial charge in [0.1, 0.15) is 11.8 Å². The van der Waals surface area contributed by atoms with Crippen LogP contribution in [0.5, 0.6) is 0 Å². The zero-order valence-corrected chi connectivity index (χ0v) is 18.2. The molecule has 1 aliphatic heterocycles. The highest BCUT2D eigenvalue weighted by Gasteiger charge is 2.30. The maximum atomic E-state index is 12.4. The summed E-state index contributed by atoms with van der Waals surface area (Å²) in [4.78, 5) is 60.3. The minimum atomic E-state index is -0.800. The zero-order valence-electron chi connectivity index (χ0n) is 17.4. The molecule has 164 valence electrons. The summed E-state index contributed by atoms with van der Waals surface area (Å²) in [6, 6.07) is -0.800. The van der Waals surface area contributed by atoms with E-state index in [9.17, 15) is 24.0 Å². The average molecular weight is 429 g/mol. The number of hydrogen-bond donors (Lipinski definition) is 3. The first-order valence-electron chi connectivity index (χ1n) is 9.89. The van der Waals surface area contributed by atoms with Gasteiger partial charge in [-0.05, 0) is 32.6 Å². The van der Waals surface area contributed by atoms with Gasteiger partial charge in [0.15, 0.2) is 0 Å². The standard InChI is InChI=1S/C19H32N4O5S/c1-13(24)11-14(18(27)21-9-8-20-2)23(3)17(26)7-5-4-6-10-29-15-12-16(25)22-19(15)28/h14-15,20H,4-12H2,1-3H3,(H,21,27)(H,22,25,28)/t14-,15?/m0/s1. The van der Waals surface area contributed by atoms with Gasteiger partial charge in [-0.2, -0.15) is 0 Å². The molecule has 10 heteroatoms. The number of likely N-dealkylation sites (N-methyl/N-ethyl adjacent to an activating group) is 2. The number of amides is 4. The van der Waals surface area contributed by atoms with Crippen molar-refractivity contribution in [1.82, 2.24) is 20.9 Å². The molecule has 0 saturated carbocycles. The van der Waals surface area contributed by atoms with Gasteiger partial charge in [0.05, 0.1) is 5.25 Å². The Morgan fingerprint density at radius 2 is 1.93 bits per heavy atom. The smallest absolute Gasteiger partial charge is 0.243 e. The largest absolute Gasteiger partial charge is 0.353 e. The number of imide groups is 1. The van der Waals surface area contributed by atoms with E-state index in [2.05, 4.69) is 16.0 Å². The fourth-order valence-electron chi connectivity index (χ4n) is 2.90. The van der Waals surface area contributed by atoms with Gasteiger partial charge >= 0.3 is 0 Å². The highest BCUT2D eigenvalue weighted by Crippen LogP contribution is 2.21. The monoisotopic (exact) mass is 428 g/mol. The van der Waals surface area contributed by atoms with Crippen molar-refractivity contribution in [2.24, 2.45) is 0 Å². The molecular weight excluding hydrogens is 396 g/mol. The van der Waals surface area contributed by atoms with Crippen molar-refractivity contribution in [2.45, 2.75) is 56.7 Å². The lowest BCUT2D eigenvalue weighted by molar-refractivity contribution is -0.140. The average Bonchev–Trinajstić information content (AvgIpc) is 2.98. The molecule has 3 N–H and O–H groups in total. The van der Waals surface area contributed by atoms with Crippen LogP contribution < -0.4 is 16.0 Å². The van der Waals surface area contributed by atoms with Gasteiger partial charge in [-0.1, -0.05) is 6.42 Å². The molecule has 2 atom stereocenters. The fraction of sp³-hybridized carbons (Fsp3) is 0.737. The van der Waals surface area contributed by atoms with Crippen LogP contribution in [0, 0.1) is 0 Å². The van der Waals surface area contributed by atoms with E-state index in [-0.39, 0.29) is 47.5 Å². The molecule has 29 heavy (non-hydrogen) atoms. The number of thioether (sulfide) groups is 1. The van der Waals surface area contributed by atoms with E-state index >= 15 is 0 Å². The van der Waals surface area contributed by atoms with Gasteiger partial charge < -0.3 is 15.5 Å². The molecule has 0 aliphatic carbocycles. The number of hydrogen-bond acceptors (Lipinski definition) is 7. The molecule has 1 heterocycles. The Labute approximate surface area is 176 Å². The normalized spacial score (nSPS) is 17.0. The highest BCUT2D eigenvalue weighted by atomic mass is 32.2. The summed E-state index contributed by atoms with van der Waals surface area (Å²) in [5.74, 6) is -0.348. The minimum Gasteiger partial charge on any atom is -0.353 e. The third-order valence-electron chi connectivity index (χ3n) is 4.60. The maximum Gasteiger partial charge on any atom is 0.243 e. The molecule has 4 amide bonds. The quantitative estimate of drug-likeness (QED) is 0.259. The number of unbranched alkanes of at least 4 members (excludes halogenated alkanes) is 2. The molecule has 0 aromatic rings. The third-order valence-corrected chi connectivity index (χ3v) is 5.91. The van der Waals surface area contributed by atoms with Crippen molar-refractivity contribution in [3.8, 4) is 0 Å². The van der Waals surface area contributed by atoms with E-state index in [0.29, 0.717) is 25.9 Å². The molecule has 1 unspecified atom stereocenters. The lowest BCUT2D eigenvalue weighted by Gasteiger charge is -2.27. The molecule has 0 aromatic heterocycles. The lowest BCUT2D eigenvalue weighted by Crippen LogP contribution is -2.49. The van der Waals surface area contributed by atoms with E-state index in [0.717, 1.165) is 18.6 Å². The third kappa shape index (κ3) is 9.40. The molecule has 1 aliphatic rings. The Balaban J connectivity index is 2.33. The molecule has 1 saturated heterocycles. The van der Waals surface area contributed by atoms with E-state index in [1.54, 1.807) is 14.1 Å². The van der Waals surface area contributed by atoms with Crippen molar-refractivity contribution in [2.75, 3.05) is 32.9 Å². The number of nitrogens with one attached hydrogen (secondary N) is 3. The van der Waals surface area contributed by atoms with E-state index < -0.39 is 6.04 Å². The molecule has 1 fully saturated rings. The van der Waals surface area contributed by atoms with Crippen LogP contribution in [0.4, 0.5) is 0 Å². The summed E-state index contributed by atoms with van der Waals surface area (Å²) >= 11 is 1.46. The van der Waals surface area contributed by atoms with Gasteiger partial charge in [-0.15, -0.1) is 11.8 Å². The Hall–Kier alpha value is -1.94. The number of nitrogens with zero attached hydrogens (tertiary/aromatic N) is 1. The summed E-state index contributed by atoms with van der Waals surface area (Å²) in [7, 11) is 3.33. The summed E-state index contributed by atoms with van der Waals surface area (Å²) in [5, 5.41) is 7.64. The number of carbonyl (C=O) groups excluding carboxylic acids is 5. The van der Waals surface area contributed by atoms with Crippen LogP contribution >= 0.6 is 11.8 Å². The van der Waals surface area contributed by atoms with E-state index in [4.69, 9.17) is 0 Å². The van der Waals surface area contributed by atoms with Gasteiger partial charge in [-0.25, -0.2) is 0 Å². The van der Waals surface area contributed by atoms with Crippen LogP contribution in [0.1, 0.15) is 45.4 Å². The molecule has 0 aromatic carbocycles. The molecule has 0 radical (unpaired) electrons. The second-order valence-corrected chi connectivity index (χ2v) is 8.42. The van der Waals surface area contributed by atoms with Crippen LogP contribution in [0.25, 0.3) is 0 Å². The van der Waals surface area contributed by atoms with Crippen LogP contribution in [0.15, 0.2) is 0 Å². The minimum absolute atomic E-state index is 0.00750. The fourth-order valence-corrected chi connectivity index (χ4v) is 4.04. The molecular formula is C19H32N4O5S. The van der Waals surface area contributed by atoms with Crippen LogP contribution in [0.3, 0.4) is 0 Å². The van der Waals surface area contributed by atoms with Crippen molar-refractivity contribution < 1.29 is 24.0 Å². The first-order valence-corrected chi connectivity index (χ1v) is 10.9. The number of rotatable bonds is 14. The van der Waals surface area contributed by atoms with Gasteiger partial charge in [0.2, 0.25) is 23.6 Å². The first kappa shape index (κ1) is 25.1. The molecule has 0 spiro atoms. The van der Waals surface area contributed by atoms with Gasteiger partial charge in [0, 0.05) is 39.4 Å². The molecule has 9 nitrogen and oxygen atoms in total. The van der Waals surface area contributed by atoms with E-state index in [1.807, 2.05) is 0 Å². The van der Waals surface area contributed by atoms with Crippen molar-refractivity contribution in [3.63, 3.8) is 0 Å². The molecule has 0 bridgehead atoms. The summed E-state index contributed by atoms with van der Waals surface area (Å²) in [6.07, 6.45) is 2.82. The predicted molar refractivity (Wildman–Crippen MR) is 111 cm³/mol. The summed E-state index contributed by atoms with van der Waals surface area (Å²) in [5.41, 5.74) is 0. The number of carbonyl (C=O) groups is 5. The highest BCUT2D eigenvalue weighted by molar-refractivity contribution is 8.00. The van der Waals surface area contributed by atoms with Crippen molar-refractivity contribution in [3.05, 3.63) is 0 Å². The topological polar surface area (TPSA) is 125 Å². The molecule has 1 rings (SSSR count). The summed E-state index contributed by atoms with van der Waals surface area (Å²) < 4.78 is 0.